The molecule has 6 heteroatoms. The van der Waals surface area contributed by atoms with Crippen LogP contribution in [0.3, 0.4) is 0 Å². The Labute approximate surface area is 103 Å². The van der Waals surface area contributed by atoms with Crippen molar-refractivity contribution in [3.63, 3.8) is 0 Å². The third-order valence-corrected chi connectivity index (χ3v) is 2.52. The predicted octanol–water partition coefficient (Wildman–Crippen LogP) is 0.164. The topological polar surface area (TPSA) is 78.9 Å². The van der Waals surface area contributed by atoms with Gasteiger partial charge in [-0.1, -0.05) is 5.92 Å². The van der Waals surface area contributed by atoms with Crippen molar-refractivity contribution in [2.24, 2.45) is 0 Å². The first-order chi connectivity index (χ1) is 8.67. The van der Waals surface area contributed by atoms with Gasteiger partial charge in [-0.2, -0.15) is 0 Å². The molecule has 92 valence electrons. The Morgan fingerprint density at radius 3 is 3.06 bits per heavy atom. The van der Waals surface area contributed by atoms with E-state index in [1.165, 1.54) is 22.5 Å². The molecule has 18 heavy (non-hydrogen) atoms. The zero-order chi connectivity index (χ0) is 13.1. The molecule has 0 radical (unpaired) electrons. The SMILES string of the molecule is C#CCN1C(=O)COc2ccc(C(=O)NO)cc21. The molecule has 0 fully saturated rings. The summed E-state index contributed by atoms with van der Waals surface area (Å²) in [5.41, 5.74) is 2.15. The number of rotatable bonds is 2. The number of hydroxylamine groups is 1. The Balaban J connectivity index is 2.45. The zero-order valence-corrected chi connectivity index (χ0v) is 9.34. The van der Waals surface area contributed by atoms with Gasteiger partial charge < -0.3 is 4.74 Å². The number of hydrogen-bond donors (Lipinski definition) is 2. The minimum atomic E-state index is -0.670. The summed E-state index contributed by atoms with van der Waals surface area (Å²) in [7, 11) is 0. The summed E-state index contributed by atoms with van der Waals surface area (Å²) in [6.07, 6.45) is 5.20. The van der Waals surface area contributed by atoms with Crippen LogP contribution in [0.15, 0.2) is 18.2 Å². The number of terminal acetylenes is 1. The number of ether oxygens (including phenoxy) is 1. The van der Waals surface area contributed by atoms with Crippen molar-refractivity contribution in [3.8, 4) is 18.1 Å². The average Bonchev–Trinajstić information content (AvgIpc) is 2.40. The van der Waals surface area contributed by atoms with Crippen LogP contribution in [0.5, 0.6) is 5.75 Å². The lowest BCUT2D eigenvalue weighted by atomic mass is 10.1. The molecule has 0 spiro atoms. The van der Waals surface area contributed by atoms with Crippen molar-refractivity contribution >= 4 is 17.5 Å². The molecule has 0 saturated heterocycles. The summed E-state index contributed by atoms with van der Waals surface area (Å²) in [4.78, 5) is 24.3. The molecule has 2 amide bonds. The Bertz CT molecular complexity index is 547. The van der Waals surface area contributed by atoms with Crippen molar-refractivity contribution in [2.45, 2.75) is 0 Å². The van der Waals surface area contributed by atoms with Gasteiger partial charge >= 0.3 is 0 Å². The maximum atomic E-state index is 11.7. The fourth-order valence-electron chi connectivity index (χ4n) is 1.67. The largest absolute Gasteiger partial charge is 0.482 e. The number of nitrogens with zero attached hydrogens (tertiary/aromatic N) is 1. The van der Waals surface area contributed by atoms with E-state index in [9.17, 15) is 9.59 Å². The summed E-state index contributed by atoms with van der Waals surface area (Å²) in [5.74, 6) is 1.90. The second-order valence-corrected chi connectivity index (χ2v) is 3.60. The smallest absolute Gasteiger partial charge is 0.274 e. The highest BCUT2D eigenvalue weighted by molar-refractivity contribution is 6.01. The molecule has 2 rings (SSSR count). The summed E-state index contributed by atoms with van der Waals surface area (Å²) < 4.78 is 5.23. The maximum absolute atomic E-state index is 11.7. The fourth-order valence-corrected chi connectivity index (χ4v) is 1.67. The summed E-state index contributed by atoms with van der Waals surface area (Å²) in [5, 5.41) is 8.57. The molecule has 0 atom stereocenters. The number of carbonyl (C=O) groups is 2. The van der Waals surface area contributed by atoms with E-state index in [0.717, 1.165) is 0 Å². The Kier molecular flexibility index (Phi) is 3.17. The molecular weight excluding hydrogens is 236 g/mol. The van der Waals surface area contributed by atoms with Crippen molar-refractivity contribution in [2.75, 3.05) is 18.1 Å². The minimum absolute atomic E-state index is 0.0831. The van der Waals surface area contributed by atoms with Crippen LogP contribution in [-0.4, -0.2) is 30.2 Å². The standard InChI is InChI=1S/C12H10N2O4/c1-2-5-14-9-6-8(12(16)13-17)3-4-10(9)18-7-11(14)15/h1,3-4,6,17H,5,7H2,(H,13,16). The van der Waals surface area contributed by atoms with E-state index in [1.54, 1.807) is 6.07 Å². The highest BCUT2D eigenvalue weighted by atomic mass is 16.5. The van der Waals surface area contributed by atoms with Gasteiger partial charge in [0.15, 0.2) is 6.61 Å². The van der Waals surface area contributed by atoms with Crippen LogP contribution in [0, 0.1) is 12.3 Å². The first-order valence-corrected chi connectivity index (χ1v) is 5.12. The van der Waals surface area contributed by atoms with E-state index in [2.05, 4.69) is 5.92 Å². The highest BCUT2D eigenvalue weighted by Gasteiger charge is 2.25. The van der Waals surface area contributed by atoms with Crippen LogP contribution in [0.25, 0.3) is 0 Å². The van der Waals surface area contributed by atoms with Crippen LogP contribution in [0.4, 0.5) is 5.69 Å². The van der Waals surface area contributed by atoms with Crippen LogP contribution in [-0.2, 0) is 4.79 Å². The molecule has 6 nitrogen and oxygen atoms in total. The number of hydrogen-bond acceptors (Lipinski definition) is 4. The van der Waals surface area contributed by atoms with E-state index in [-0.39, 0.29) is 24.6 Å². The van der Waals surface area contributed by atoms with E-state index >= 15 is 0 Å². The lowest BCUT2D eigenvalue weighted by Crippen LogP contribution is -2.39. The first-order valence-electron chi connectivity index (χ1n) is 5.12. The quantitative estimate of drug-likeness (QED) is 0.443. The molecule has 0 bridgehead atoms. The maximum Gasteiger partial charge on any atom is 0.274 e. The van der Waals surface area contributed by atoms with Crippen molar-refractivity contribution in [1.29, 1.82) is 0 Å². The van der Waals surface area contributed by atoms with Crippen LogP contribution in [0.2, 0.25) is 0 Å². The van der Waals surface area contributed by atoms with Gasteiger partial charge in [0, 0.05) is 5.56 Å². The number of carbonyl (C=O) groups excluding carboxylic acids is 2. The van der Waals surface area contributed by atoms with Gasteiger partial charge in [-0.25, -0.2) is 5.48 Å². The molecule has 1 aliphatic rings. The number of benzene rings is 1. The number of nitrogens with one attached hydrogen (secondary N) is 1. The molecule has 0 aromatic heterocycles. The Morgan fingerprint density at radius 1 is 1.61 bits per heavy atom. The van der Waals surface area contributed by atoms with Gasteiger partial charge in [0.2, 0.25) is 0 Å². The number of amides is 2. The van der Waals surface area contributed by atoms with Gasteiger partial charge in [-0.05, 0) is 18.2 Å². The van der Waals surface area contributed by atoms with E-state index in [4.69, 9.17) is 16.4 Å². The normalized spacial score (nSPS) is 13.3. The van der Waals surface area contributed by atoms with E-state index in [1.807, 2.05) is 0 Å². The van der Waals surface area contributed by atoms with E-state index < -0.39 is 5.91 Å². The van der Waals surface area contributed by atoms with Crippen molar-refractivity contribution < 1.29 is 19.5 Å². The third kappa shape index (κ3) is 1.99. The van der Waals surface area contributed by atoms with Crippen LogP contribution < -0.4 is 15.1 Å². The molecule has 1 aliphatic heterocycles. The van der Waals surface area contributed by atoms with Gasteiger partial charge in [-0.15, -0.1) is 6.42 Å². The highest BCUT2D eigenvalue weighted by Crippen LogP contribution is 2.32. The van der Waals surface area contributed by atoms with Gasteiger partial charge in [0.25, 0.3) is 11.8 Å². The summed E-state index contributed by atoms with van der Waals surface area (Å²) in [6, 6.07) is 4.47. The average molecular weight is 246 g/mol. The lowest BCUT2D eigenvalue weighted by molar-refractivity contribution is -0.121. The van der Waals surface area contributed by atoms with Gasteiger partial charge in [0.05, 0.1) is 12.2 Å². The van der Waals surface area contributed by atoms with Gasteiger partial charge in [0.1, 0.15) is 5.75 Å². The monoisotopic (exact) mass is 246 g/mol. The Hall–Kier alpha value is -2.52. The summed E-state index contributed by atoms with van der Waals surface area (Å²) >= 11 is 0. The fraction of sp³-hybridized carbons (Fsp3) is 0.167. The molecule has 1 heterocycles. The third-order valence-electron chi connectivity index (χ3n) is 2.52. The second kappa shape index (κ2) is 4.77. The molecule has 1 aromatic rings. The molecule has 0 unspecified atom stereocenters. The van der Waals surface area contributed by atoms with Crippen LogP contribution in [0.1, 0.15) is 10.4 Å². The van der Waals surface area contributed by atoms with Crippen LogP contribution >= 0.6 is 0 Å². The summed E-state index contributed by atoms with van der Waals surface area (Å²) in [6.45, 7) is 0.0135. The second-order valence-electron chi connectivity index (χ2n) is 3.60. The first kappa shape index (κ1) is 12.0. The van der Waals surface area contributed by atoms with Crippen molar-refractivity contribution in [3.05, 3.63) is 23.8 Å². The number of fused-ring (bicyclic) bond motifs is 1. The molecule has 0 saturated carbocycles. The molecule has 1 aromatic carbocycles. The number of anilines is 1. The van der Waals surface area contributed by atoms with Gasteiger partial charge in [-0.3, -0.25) is 19.7 Å². The minimum Gasteiger partial charge on any atom is -0.482 e. The molecular formula is C12H10N2O4. The van der Waals surface area contributed by atoms with E-state index in [0.29, 0.717) is 11.4 Å². The lowest BCUT2D eigenvalue weighted by Gasteiger charge is -2.28. The molecule has 0 aliphatic carbocycles. The molecule has 2 N–H and O–H groups in total. The predicted molar refractivity (Wildman–Crippen MR) is 62.4 cm³/mol. The Morgan fingerprint density at radius 2 is 2.39 bits per heavy atom. The zero-order valence-electron chi connectivity index (χ0n) is 9.34. The van der Waals surface area contributed by atoms with Crippen molar-refractivity contribution in [1.82, 2.24) is 5.48 Å².